The number of aliphatic hydroxyl groups is 4. The van der Waals surface area contributed by atoms with Gasteiger partial charge in [0.2, 0.25) is 0 Å². The number of thioether (sulfide) groups is 1. The van der Waals surface area contributed by atoms with Crippen molar-refractivity contribution in [1.82, 2.24) is 0 Å². The lowest BCUT2D eigenvalue weighted by Crippen LogP contribution is -2.83. The summed E-state index contributed by atoms with van der Waals surface area (Å²) in [6.07, 6.45) is -1.16. The van der Waals surface area contributed by atoms with Crippen LogP contribution in [0.4, 0.5) is 0 Å². The second kappa shape index (κ2) is 11.1. The summed E-state index contributed by atoms with van der Waals surface area (Å²) in [6, 6.07) is 27.2. The van der Waals surface area contributed by atoms with Gasteiger partial charge in [-0.15, -0.1) is 11.8 Å². The second-order valence-corrected chi connectivity index (χ2v) is 10.7. The van der Waals surface area contributed by atoms with Crippen molar-refractivity contribution in [2.45, 2.75) is 60.6 Å². The van der Waals surface area contributed by atoms with Crippen molar-refractivity contribution < 1.29 is 30.0 Å². The highest BCUT2D eigenvalue weighted by atomic mass is 32.2. The first-order valence-corrected chi connectivity index (χ1v) is 13.6. The van der Waals surface area contributed by atoms with E-state index in [-0.39, 0.29) is 19.3 Å². The van der Waals surface area contributed by atoms with Crippen LogP contribution in [0.5, 0.6) is 0 Å². The standard InChI is InChI=1S/C30H34O6S/c1-21(31)30(35)27(37-2)36-26(25(32)18-22-12-6-3-7-13-22)28(33,19-23-14-8-4-9-15-23)29(30,34)20-24-16-10-5-11-17-24/h3-17,25-27,32-35H,18-20H2,1-2H3/t25?,26-,27-,28-,29+,30-/m1/s1. The summed E-state index contributed by atoms with van der Waals surface area (Å²) in [5, 5.41) is 48.6. The van der Waals surface area contributed by atoms with Crippen LogP contribution in [0.3, 0.4) is 0 Å². The molecule has 0 radical (unpaired) electrons. The Hall–Kier alpha value is -2.52. The molecular formula is C30H34O6S. The van der Waals surface area contributed by atoms with Crippen molar-refractivity contribution in [3.05, 3.63) is 108 Å². The van der Waals surface area contributed by atoms with E-state index in [1.165, 1.54) is 6.92 Å². The Labute approximate surface area is 221 Å². The van der Waals surface area contributed by atoms with Crippen molar-refractivity contribution in [2.24, 2.45) is 0 Å². The molecule has 37 heavy (non-hydrogen) atoms. The van der Waals surface area contributed by atoms with Crippen molar-refractivity contribution >= 4 is 17.5 Å². The van der Waals surface area contributed by atoms with Gasteiger partial charge in [-0.2, -0.15) is 0 Å². The number of rotatable bonds is 9. The van der Waals surface area contributed by atoms with Crippen molar-refractivity contribution in [3.8, 4) is 0 Å². The van der Waals surface area contributed by atoms with Gasteiger partial charge < -0.3 is 25.2 Å². The highest BCUT2D eigenvalue weighted by Crippen LogP contribution is 2.51. The molecule has 1 heterocycles. The number of carbonyl (C=O) groups is 1. The molecule has 3 aromatic rings. The molecule has 1 fully saturated rings. The average Bonchev–Trinajstić information content (AvgIpc) is 2.89. The van der Waals surface area contributed by atoms with Crippen LogP contribution in [0.15, 0.2) is 91.0 Å². The number of Topliss-reactive ketones (excluding diaryl/α,β-unsaturated/α-hetero) is 1. The molecule has 4 N–H and O–H groups in total. The Kier molecular flexibility index (Phi) is 8.23. The van der Waals surface area contributed by atoms with Gasteiger partial charge in [0.15, 0.2) is 11.4 Å². The molecule has 7 heteroatoms. The molecule has 0 aliphatic carbocycles. The highest BCUT2D eigenvalue weighted by molar-refractivity contribution is 7.99. The molecule has 1 saturated heterocycles. The largest absolute Gasteiger partial charge is 0.390 e. The maximum Gasteiger partial charge on any atom is 0.190 e. The van der Waals surface area contributed by atoms with Gasteiger partial charge in [-0.1, -0.05) is 91.0 Å². The van der Waals surface area contributed by atoms with Gasteiger partial charge in [0.25, 0.3) is 0 Å². The van der Waals surface area contributed by atoms with Gasteiger partial charge in [0.1, 0.15) is 22.7 Å². The first-order valence-electron chi connectivity index (χ1n) is 12.3. The molecule has 0 bridgehead atoms. The fourth-order valence-corrected chi connectivity index (χ4v) is 6.43. The SMILES string of the molecule is CS[C@H]1O[C@H](C(O)Cc2ccccc2)[C@](O)(Cc2ccccc2)[C@@](O)(Cc2ccccc2)[C@@]1(O)C(C)=O. The second-order valence-electron chi connectivity index (χ2n) is 9.81. The van der Waals surface area contributed by atoms with Crippen LogP contribution in [-0.4, -0.2) is 66.9 Å². The third-order valence-corrected chi connectivity index (χ3v) is 8.32. The van der Waals surface area contributed by atoms with E-state index in [1.807, 2.05) is 42.5 Å². The maximum atomic E-state index is 13.1. The van der Waals surface area contributed by atoms with Crippen LogP contribution >= 0.6 is 11.8 Å². The van der Waals surface area contributed by atoms with E-state index in [0.717, 1.165) is 17.3 Å². The Morgan fingerprint density at radius 2 is 1.30 bits per heavy atom. The molecule has 1 aliphatic rings. The molecule has 0 aromatic heterocycles. The van der Waals surface area contributed by atoms with Crippen LogP contribution in [-0.2, 0) is 28.8 Å². The topological polar surface area (TPSA) is 107 Å². The van der Waals surface area contributed by atoms with E-state index in [9.17, 15) is 25.2 Å². The summed E-state index contributed by atoms with van der Waals surface area (Å²) in [5.74, 6) is -0.729. The van der Waals surface area contributed by atoms with Gasteiger partial charge in [-0.05, 0) is 29.9 Å². The summed E-state index contributed by atoms with van der Waals surface area (Å²) in [4.78, 5) is 13.1. The normalized spacial score (nSPS) is 30.5. The number of aliphatic hydroxyl groups excluding tert-OH is 1. The van der Waals surface area contributed by atoms with Crippen LogP contribution < -0.4 is 0 Å². The number of benzene rings is 3. The van der Waals surface area contributed by atoms with Gasteiger partial charge in [-0.3, -0.25) is 4.79 Å². The number of hydrogen-bond donors (Lipinski definition) is 4. The third kappa shape index (κ3) is 5.00. The summed E-state index contributed by atoms with van der Waals surface area (Å²) in [5.41, 5.74) is -6.25. The first-order chi connectivity index (χ1) is 17.7. The molecule has 6 atom stereocenters. The van der Waals surface area contributed by atoms with Crippen molar-refractivity contribution in [2.75, 3.05) is 6.26 Å². The van der Waals surface area contributed by atoms with E-state index in [2.05, 4.69) is 0 Å². The minimum atomic E-state index is -2.46. The minimum absolute atomic E-state index is 0.142. The Morgan fingerprint density at radius 1 is 0.838 bits per heavy atom. The number of ketones is 1. The molecule has 1 unspecified atom stereocenters. The van der Waals surface area contributed by atoms with Crippen LogP contribution in [0, 0.1) is 0 Å². The summed E-state index contributed by atoms with van der Waals surface area (Å²) in [6.45, 7) is 1.19. The molecule has 4 rings (SSSR count). The predicted octanol–water partition coefficient (Wildman–Crippen LogP) is 2.95. The molecule has 1 aliphatic heterocycles. The number of carbonyl (C=O) groups excluding carboxylic acids is 1. The van der Waals surface area contributed by atoms with E-state index in [4.69, 9.17) is 4.74 Å². The minimum Gasteiger partial charge on any atom is -0.390 e. The Balaban J connectivity index is 1.90. The lowest BCUT2D eigenvalue weighted by atomic mass is 9.59. The fraction of sp³-hybridized carbons (Fsp3) is 0.367. The number of ether oxygens (including phenoxy) is 1. The number of hydrogen-bond acceptors (Lipinski definition) is 7. The van der Waals surface area contributed by atoms with Gasteiger partial charge in [0.05, 0.1) is 6.10 Å². The third-order valence-electron chi connectivity index (χ3n) is 7.44. The lowest BCUT2D eigenvalue weighted by Gasteiger charge is -2.61. The molecule has 3 aromatic carbocycles. The quantitative estimate of drug-likeness (QED) is 0.342. The summed E-state index contributed by atoms with van der Waals surface area (Å²) < 4.78 is 6.20. The fourth-order valence-electron chi connectivity index (χ4n) is 5.49. The van der Waals surface area contributed by atoms with Crippen molar-refractivity contribution in [3.63, 3.8) is 0 Å². The van der Waals surface area contributed by atoms with Gasteiger partial charge in [0, 0.05) is 19.3 Å². The lowest BCUT2D eigenvalue weighted by molar-refractivity contribution is -0.338. The zero-order chi connectivity index (χ0) is 26.7. The Morgan fingerprint density at radius 3 is 1.76 bits per heavy atom. The predicted molar refractivity (Wildman–Crippen MR) is 144 cm³/mol. The van der Waals surface area contributed by atoms with Gasteiger partial charge >= 0.3 is 0 Å². The van der Waals surface area contributed by atoms with E-state index in [1.54, 1.807) is 54.8 Å². The van der Waals surface area contributed by atoms with E-state index >= 15 is 0 Å². The van der Waals surface area contributed by atoms with E-state index in [0.29, 0.717) is 11.1 Å². The van der Waals surface area contributed by atoms with Crippen LogP contribution in [0.2, 0.25) is 0 Å². The molecule has 0 spiro atoms. The Bertz CT molecular complexity index is 1180. The summed E-state index contributed by atoms with van der Waals surface area (Å²) in [7, 11) is 0. The van der Waals surface area contributed by atoms with E-state index < -0.39 is 40.2 Å². The molecule has 196 valence electrons. The molecule has 0 amide bonds. The molecule has 0 saturated carbocycles. The first kappa shape index (κ1) is 27.5. The zero-order valence-corrected chi connectivity index (χ0v) is 21.8. The maximum absolute atomic E-state index is 13.1. The van der Waals surface area contributed by atoms with Crippen LogP contribution in [0.1, 0.15) is 23.6 Å². The van der Waals surface area contributed by atoms with Crippen molar-refractivity contribution in [1.29, 1.82) is 0 Å². The van der Waals surface area contributed by atoms with Gasteiger partial charge in [-0.25, -0.2) is 0 Å². The monoisotopic (exact) mass is 522 g/mol. The smallest absolute Gasteiger partial charge is 0.190 e. The summed E-state index contributed by atoms with van der Waals surface area (Å²) >= 11 is 1.05. The molecule has 6 nitrogen and oxygen atoms in total. The zero-order valence-electron chi connectivity index (χ0n) is 21.0. The highest BCUT2D eigenvalue weighted by Gasteiger charge is 2.74. The van der Waals surface area contributed by atoms with Crippen LogP contribution in [0.25, 0.3) is 0 Å². The average molecular weight is 523 g/mol. The molecular weight excluding hydrogens is 488 g/mol.